The summed E-state index contributed by atoms with van der Waals surface area (Å²) in [5.74, 6) is 1.84. The molecular weight excluding hydrogens is 256 g/mol. The van der Waals surface area contributed by atoms with E-state index in [1.807, 2.05) is 25.8 Å². The van der Waals surface area contributed by atoms with Gasteiger partial charge in [0.05, 0.1) is 17.5 Å². The number of aromatic nitrogens is 2. The number of rotatable bonds is 4. The Hall–Kier alpha value is -1.66. The van der Waals surface area contributed by atoms with Crippen molar-refractivity contribution in [2.45, 2.75) is 39.8 Å². The second kappa shape index (κ2) is 5.03. The third-order valence-electron chi connectivity index (χ3n) is 3.17. The molecule has 20 heavy (non-hydrogen) atoms. The lowest BCUT2D eigenvalue weighted by Crippen LogP contribution is -2.36. The Morgan fingerprint density at radius 2 is 1.95 bits per heavy atom. The van der Waals surface area contributed by atoms with Gasteiger partial charge in [-0.15, -0.1) is 0 Å². The summed E-state index contributed by atoms with van der Waals surface area (Å²) in [5, 5.41) is 10.6. The van der Waals surface area contributed by atoms with Crippen LogP contribution < -0.4 is 5.73 Å². The molecule has 0 amide bonds. The van der Waals surface area contributed by atoms with Crippen LogP contribution in [0.5, 0.6) is 0 Å². The summed E-state index contributed by atoms with van der Waals surface area (Å²) in [5.41, 5.74) is 6.74. The van der Waals surface area contributed by atoms with Crippen molar-refractivity contribution >= 4 is 16.9 Å². The molecule has 2 aromatic heterocycles. The van der Waals surface area contributed by atoms with Gasteiger partial charge >= 0.3 is 0 Å². The van der Waals surface area contributed by atoms with Crippen molar-refractivity contribution in [2.75, 3.05) is 19.3 Å². The molecule has 0 saturated heterocycles. The van der Waals surface area contributed by atoms with Crippen molar-refractivity contribution in [3.63, 3.8) is 0 Å². The van der Waals surface area contributed by atoms with E-state index in [1.165, 1.54) is 0 Å². The minimum Gasteiger partial charge on any atom is -0.443 e. The van der Waals surface area contributed by atoms with Gasteiger partial charge in [0.15, 0.2) is 0 Å². The molecule has 0 atom stereocenters. The Balaban J connectivity index is 2.28. The predicted octanol–water partition coefficient (Wildman–Crippen LogP) is 1.62. The first-order valence-electron chi connectivity index (χ1n) is 6.60. The number of furan rings is 1. The molecule has 0 aliphatic heterocycles. The van der Waals surface area contributed by atoms with Crippen molar-refractivity contribution < 1.29 is 9.52 Å². The molecule has 6 nitrogen and oxygen atoms in total. The van der Waals surface area contributed by atoms with E-state index >= 15 is 0 Å². The number of fused-ring (bicyclic) bond motifs is 1. The van der Waals surface area contributed by atoms with Gasteiger partial charge in [-0.2, -0.15) is 4.98 Å². The molecular formula is C14H22N4O2. The lowest BCUT2D eigenvalue weighted by molar-refractivity contribution is 0.0418. The van der Waals surface area contributed by atoms with E-state index < -0.39 is 5.60 Å². The summed E-state index contributed by atoms with van der Waals surface area (Å²) < 4.78 is 5.60. The average molecular weight is 278 g/mol. The van der Waals surface area contributed by atoms with Crippen molar-refractivity contribution in [1.82, 2.24) is 14.9 Å². The Bertz CT molecular complexity index is 628. The van der Waals surface area contributed by atoms with E-state index in [0.717, 1.165) is 16.7 Å². The maximum Gasteiger partial charge on any atom is 0.231 e. The van der Waals surface area contributed by atoms with E-state index in [0.29, 0.717) is 30.4 Å². The number of likely N-dealkylation sites (N-methyl/N-ethyl adjacent to an activating group) is 1. The number of anilines is 1. The summed E-state index contributed by atoms with van der Waals surface area (Å²) in [6.07, 6.45) is 0. The summed E-state index contributed by atoms with van der Waals surface area (Å²) in [7, 11) is 1.90. The van der Waals surface area contributed by atoms with E-state index in [2.05, 4.69) is 9.97 Å². The number of nitrogen functional groups attached to an aromatic ring is 1. The van der Waals surface area contributed by atoms with Crippen molar-refractivity contribution in [3.05, 3.63) is 17.1 Å². The fraction of sp³-hybridized carbons (Fsp3) is 0.571. The summed E-state index contributed by atoms with van der Waals surface area (Å²) >= 11 is 0. The second-order valence-electron chi connectivity index (χ2n) is 5.97. The van der Waals surface area contributed by atoms with E-state index in [4.69, 9.17) is 10.2 Å². The first-order chi connectivity index (χ1) is 9.17. The van der Waals surface area contributed by atoms with Gasteiger partial charge in [-0.1, -0.05) is 0 Å². The maximum absolute atomic E-state index is 9.81. The Kier molecular flexibility index (Phi) is 3.71. The second-order valence-corrected chi connectivity index (χ2v) is 5.97. The van der Waals surface area contributed by atoms with Crippen LogP contribution in [0.1, 0.15) is 31.0 Å². The molecule has 2 aromatic rings. The zero-order valence-electron chi connectivity index (χ0n) is 12.7. The molecule has 0 unspecified atom stereocenters. The van der Waals surface area contributed by atoms with Crippen LogP contribution >= 0.6 is 0 Å². The molecule has 0 aliphatic rings. The highest BCUT2D eigenvalue weighted by Crippen LogP contribution is 2.27. The topological polar surface area (TPSA) is 88.4 Å². The van der Waals surface area contributed by atoms with Crippen molar-refractivity contribution in [1.29, 1.82) is 0 Å². The fourth-order valence-electron chi connectivity index (χ4n) is 2.36. The fourth-order valence-corrected chi connectivity index (χ4v) is 2.36. The molecule has 110 valence electrons. The van der Waals surface area contributed by atoms with Crippen LogP contribution in [0.2, 0.25) is 0 Å². The molecule has 0 bridgehead atoms. The highest BCUT2D eigenvalue weighted by atomic mass is 16.3. The minimum absolute atomic E-state index is 0.441. The van der Waals surface area contributed by atoms with E-state index in [-0.39, 0.29) is 0 Å². The molecule has 2 heterocycles. The molecule has 6 heteroatoms. The zero-order chi connectivity index (χ0) is 15.1. The van der Waals surface area contributed by atoms with Gasteiger partial charge in [-0.3, -0.25) is 4.90 Å². The van der Waals surface area contributed by atoms with Gasteiger partial charge in [-0.25, -0.2) is 4.98 Å². The zero-order valence-corrected chi connectivity index (χ0v) is 12.7. The average Bonchev–Trinajstić information content (AvgIpc) is 2.51. The third-order valence-corrected chi connectivity index (χ3v) is 3.17. The van der Waals surface area contributed by atoms with Crippen LogP contribution in [0, 0.1) is 13.8 Å². The molecule has 2 rings (SSSR count). The SMILES string of the molecule is Cc1oc2nc(CN(C)CC(C)(C)O)nc(N)c2c1C. The number of hydrogen-bond donors (Lipinski definition) is 2. The molecule has 0 radical (unpaired) electrons. The van der Waals surface area contributed by atoms with Crippen LogP contribution in [0.3, 0.4) is 0 Å². The van der Waals surface area contributed by atoms with Gasteiger partial charge in [0.1, 0.15) is 17.4 Å². The first kappa shape index (κ1) is 14.7. The largest absolute Gasteiger partial charge is 0.443 e. The van der Waals surface area contributed by atoms with Crippen LogP contribution in [-0.2, 0) is 6.54 Å². The molecule has 3 N–H and O–H groups in total. The van der Waals surface area contributed by atoms with Crippen LogP contribution in [-0.4, -0.2) is 39.2 Å². The van der Waals surface area contributed by atoms with Gasteiger partial charge in [-0.05, 0) is 34.7 Å². The lowest BCUT2D eigenvalue weighted by atomic mass is 10.1. The van der Waals surface area contributed by atoms with Gasteiger partial charge < -0.3 is 15.3 Å². The third kappa shape index (κ3) is 3.08. The molecule has 0 spiro atoms. The highest BCUT2D eigenvalue weighted by molar-refractivity contribution is 5.88. The quantitative estimate of drug-likeness (QED) is 0.883. The number of nitrogens with zero attached hydrogens (tertiary/aromatic N) is 3. The molecule has 0 fully saturated rings. The minimum atomic E-state index is -0.762. The number of aryl methyl sites for hydroxylation is 2. The van der Waals surface area contributed by atoms with Crippen molar-refractivity contribution in [2.24, 2.45) is 0 Å². The number of nitrogens with two attached hydrogens (primary N) is 1. The first-order valence-corrected chi connectivity index (χ1v) is 6.60. The maximum atomic E-state index is 9.81. The van der Waals surface area contributed by atoms with E-state index in [1.54, 1.807) is 13.8 Å². The van der Waals surface area contributed by atoms with Crippen LogP contribution in [0.15, 0.2) is 4.42 Å². The van der Waals surface area contributed by atoms with Gasteiger partial charge in [0, 0.05) is 12.1 Å². The lowest BCUT2D eigenvalue weighted by Gasteiger charge is -2.24. The smallest absolute Gasteiger partial charge is 0.231 e. The predicted molar refractivity (Wildman–Crippen MR) is 78.3 cm³/mol. The summed E-state index contributed by atoms with van der Waals surface area (Å²) in [6, 6.07) is 0. The molecule has 0 aromatic carbocycles. The highest BCUT2D eigenvalue weighted by Gasteiger charge is 2.18. The van der Waals surface area contributed by atoms with Crippen LogP contribution in [0.4, 0.5) is 5.82 Å². The van der Waals surface area contributed by atoms with Gasteiger partial charge in [0.2, 0.25) is 5.71 Å². The molecule has 0 aliphatic carbocycles. The Morgan fingerprint density at radius 3 is 2.55 bits per heavy atom. The summed E-state index contributed by atoms with van der Waals surface area (Å²) in [6.45, 7) is 8.38. The van der Waals surface area contributed by atoms with E-state index in [9.17, 15) is 5.11 Å². The number of aliphatic hydroxyl groups is 1. The standard InChI is InChI=1S/C14H22N4O2/c1-8-9(2)20-13-11(8)12(15)16-10(17-13)6-18(5)7-14(3,4)19/h19H,6-7H2,1-5H3,(H2,15,16,17). The Morgan fingerprint density at radius 1 is 1.30 bits per heavy atom. The number of hydrogen-bond acceptors (Lipinski definition) is 6. The molecule has 0 saturated carbocycles. The normalized spacial score (nSPS) is 12.6. The Labute approximate surface area is 118 Å². The monoisotopic (exact) mass is 278 g/mol. The summed E-state index contributed by atoms with van der Waals surface area (Å²) in [4.78, 5) is 10.7. The van der Waals surface area contributed by atoms with Gasteiger partial charge in [0.25, 0.3) is 0 Å². The van der Waals surface area contributed by atoms with Crippen molar-refractivity contribution in [3.8, 4) is 0 Å². The van der Waals surface area contributed by atoms with Crippen LogP contribution in [0.25, 0.3) is 11.1 Å².